The van der Waals surface area contributed by atoms with Crippen LogP contribution in [0.5, 0.6) is 0 Å². The van der Waals surface area contributed by atoms with E-state index in [9.17, 15) is 4.79 Å². The average Bonchev–Trinajstić information content (AvgIpc) is 3.39. The highest BCUT2D eigenvalue weighted by Gasteiger charge is 2.26. The number of hydrogen-bond acceptors (Lipinski definition) is 4. The number of aromatic nitrogens is 3. The Kier molecular flexibility index (Phi) is 4.76. The van der Waals surface area contributed by atoms with Crippen molar-refractivity contribution in [2.75, 3.05) is 24.5 Å². The molecule has 0 N–H and O–H groups in total. The smallest absolute Gasteiger partial charge is 0.249 e. The third-order valence-electron chi connectivity index (χ3n) is 5.81. The summed E-state index contributed by atoms with van der Waals surface area (Å²) < 4.78 is 1.78. The second-order valence-corrected chi connectivity index (χ2v) is 7.73. The molecule has 3 aromatic rings. The van der Waals surface area contributed by atoms with Crippen LogP contribution in [0, 0.1) is 0 Å². The lowest BCUT2D eigenvalue weighted by molar-refractivity contribution is -0.132. The zero-order valence-corrected chi connectivity index (χ0v) is 16.5. The van der Waals surface area contributed by atoms with Crippen LogP contribution in [0.3, 0.4) is 0 Å². The van der Waals surface area contributed by atoms with Crippen molar-refractivity contribution >= 4 is 17.5 Å². The number of amides is 1. The van der Waals surface area contributed by atoms with Gasteiger partial charge in [-0.3, -0.25) is 4.79 Å². The number of nitrogens with zero attached hydrogens (tertiary/aromatic N) is 5. The maximum Gasteiger partial charge on any atom is 0.249 e. The molecule has 29 heavy (non-hydrogen) atoms. The Morgan fingerprint density at radius 3 is 2.48 bits per heavy atom. The van der Waals surface area contributed by atoms with Gasteiger partial charge in [0.25, 0.3) is 0 Å². The van der Waals surface area contributed by atoms with E-state index >= 15 is 0 Å². The maximum atomic E-state index is 12.9. The van der Waals surface area contributed by atoms with E-state index in [0.717, 1.165) is 56.0 Å². The van der Waals surface area contributed by atoms with E-state index in [1.165, 1.54) is 12.0 Å². The minimum absolute atomic E-state index is 0.125. The molecule has 6 nitrogen and oxygen atoms in total. The summed E-state index contributed by atoms with van der Waals surface area (Å²) in [6.45, 7) is 2.78. The Labute approximate surface area is 170 Å². The van der Waals surface area contributed by atoms with Crippen LogP contribution in [0.4, 0.5) is 11.6 Å². The molecule has 1 amide bonds. The van der Waals surface area contributed by atoms with Crippen molar-refractivity contribution in [3.8, 4) is 11.4 Å². The number of piperidine rings is 1. The fourth-order valence-corrected chi connectivity index (χ4v) is 4.27. The Hall–Kier alpha value is -3.15. The molecule has 6 heteroatoms. The zero-order valence-electron chi connectivity index (χ0n) is 16.5. The molecule has 1 saturated heterocycles. The van der Waals surface area contributed by atoms with Crippen molar-refractivity contribution in [1.29, 1.82) is 0 Å². The first kappa shape index (κ1) is 17.9. The van der Waals surface area contributed by atoms with Gasteiger partial charge in [0.2, 0.25) is 11.9 Å². The van der Waals surface area contributed by atoms with E-state index in [1.54, 1.807) is 4.68 Å². The van der Waals surface area contributed by atoms with Crippen LogP contribution in [-0.2, 0) is 17.8 Å². The van der Waals surface area contributed by atoms with Gasteiger partial charge in [0.05, 0.1) is 0 Å². The van der Waals surface area contributed by atoms with E-state index in [4.69, 9.17) is 10.1 Å². The third kappa shape index (κ3) is 3.50. The lowest BCUT2D eigenvalue weighted by Gasteiger charge is -2.26. The van der Waals surface area contributed by atoms with Crippen molar-refractivity contribution in [2.45, 2.75) is 32.2 Å². The Morgan fingerprint density at radius 1 is 0.897 bits per heavy atom. The molecule has 1 fully saturated rings. The number of carbonyl (C=O) groups excluding carboxylic acids is 1. The van der Waals surface area contributed by atoms with Gasteiger partial charge >= 0.3 is 0 Å². The van der Waals surface area contributed by atoms with E-state index in [-0.39, 0.29) is 12.5 Å². The summed E-state index contributed by atoms with van der Waals surface area (Å²) >= 11 is 0. The van der Waals surface area contributed by atoms with Gasteiger partial charge in [0.15, 0.2) is 5.82 Å². The summed E-state index contributed by atoms with van der Waals surface area (Å²) in [6, 6.07) is 18.4. The van der Waals surface area contributed by atoms with Gasteiger partial charge < -0.3 is 9.80 Å². The number of hydrogen-bond donors (Lipinski definition) is 0. The van der Waals surface area contributed by atoms with Crippen molar-refractivity contribution in [3.05, 3.63) is 60.2 Å². The van der Waals surface area contributed by atoms with E-state index in [0.29, 0.717) is 5.95 Å². The summed E-state index contributed by atoms with van der Waals surface area (Å²) in [6.07, 6.45) is 4.37. The summed E-state index contributed by atoms with van der Waals surface area (Å²) in [5.41, 5.74) is 3.45. The van der Waals surface area contributed by atoms with Crippen LogP contribution in [0.25, 0.3) is 11.4 Å². The monoisotopic (exact) mass is 387 g/mol. The van der Waals surface area contributed by atoms with Crippen LogP contribution in [0.15, 0.2) is 54.6 Å². The highest BCUT2D eigenvalue weighted by Crippen LogP contribution is 2.33. The fourth-order valence-electron chi connectivity index (χ4n) is 4.27. The van der Waals surface area contributed by atoms with Crippen molar-refractivity contribution in [3.63, 3.8) is 0 Å². The lowest BCUT2D eigenvalue weighted by Crippen LogP contribution is -2.38. The number of fused-ring (bicyclic) bond motifs is 1. The first-order valence-corrected chi connectivity index (χ1v) is 10.4. The molecule has 2 aromatic carbocycles. The number of carbonyl (C=O) groups is 1. The molecule has 0 bridgehead atoms. The molecule has 2 aliphatic rings. The molecular weight excluding hydrogens is 362 g/mol. The minimum atomic E-state index is 0.125. The number of rotatable bonds is 4. The minimum Gasteiger partial charge on any atom is -0.341 e. The summed E-state index contributed by atoms with van der Waals surface area (Å²) in [7, 11) is 0. The molecule has 3 heterocycles. The highest BCUT2D eigenvalue weighted by molar-refractivity contribution is 5.77. The largest absolute Gasteiger partial charge is 0.341 e. The quantitative estimate of drug-likeness (QED) is 0.686. The van der Waals surface area contributed by atoms with Gasteiger partial charge in [-0.2, -0.15) is 4.98 Å². The van der Waals surface area contributed by atoms with Crippen LogP contribution in [0.2, 0.25) is 0 Å². The first-order valence-electron chi connectivity index (χ1n) is 10.4. The molecule has 0 saturated carbocycles. The second kappa shape index (κ2) is 7.70. The van der Waals surface area contributed by atoms with Gasteiger partial charge in [-0.15, -0.1) is 5.10 Å². The normalized spacial score (nSPS) is 16.1. The number of benzene rings is 2. The number of likely N-dealkylation sites (tertiary alicyclic amines) is 1. The van der Waals surface area contributed by atoms with Crippen molar-refractivity contribution < 1.29 is 4.79 Å². The molecule has 148 valence electrons. The van der Waals surface area contributed by atoms with Gasteiger partial charge in [-0.25, -0.2) is 4.68 Å². The van der Waals surface area contributed by atoms with Gasteiger partial charge in [-0.05, 0) is 37.3 Å². The fraction of sp³-hybridized carbons (Fsp3) is 0.348. The number of para-hydroxylation sites is 1. The van der Waals surface area contributed by atoms with Crippen molar-refractivity contribution in [2.24, 2.45) is 0 Å². The standard InChI is InChI=1S/C23H25N5O/c29-21(26-14-7-2-8-15-26)17-28-22(19-10-3-1-4-11-19)24-23(25-28)27-16-13-18-9-5-6-12-20(18)27/h1,3-6,9-12H,2,7-8,13-17H2. The maximum absolute atomic E-state index is 12.9. The molecule has 5 rings (SSSR count). The Bertz CT molecular complexity index is 1010. The van der Waals surface area contributed by atoms with Crippen LogP contribution >= 0.6 is 0 Å². The zero-order chi connectivity index (χ0) is 19.6. The van der Waals surface area contributed by atoms with Gasteiger partial charge in [0, 0.05) is 30.9 Å². The molecule has 0 unspecified atom stereocenters. The van der Waals surface area contributed by atoms with E-state index < -0.39 is 0 Å². The van der Waals surface area contributed by atoms with Gasteiger partial charge in [0.1, 0.15) is 6.54 Å². The molecule has 0 aliphatic carbocycles. The Balaban J connectivity index is 1.49. The third-order valence-corrected chi connectivity index (χ3v) is 5.81. The predicted molar refractivity (Wildman–Crippen MR) is 113 cm³/mol. The van der Waals surface area contributed by atoms with Crippen molar-refractivity contribution in [1.82, 2.24) is 19.7 Å². The number of anilines is 2. The predicted octanol–water partition coefficient (Wildman–Crippen LogP) is 3.65. The molecule has 0 radical (unpaired) electrons. The van der Waals surface area contributed by atoms with Crippen LogP contribution in [0.1, 0.15) is 24.8 Å². The topological polar surface area (TPSA) is 54.3 Å². The van der Waals surface area contributed by atoms with Crippen LogP contribution < -0.4 is 4.90 Å². The molecular formula is C23H25N5O. The van der Waals surface area contributed by atoms with E-state index in [2.05, 4.69) is 23.1 Å². The second-order valence-electron chi connectivity index (χ2n) is 7.73. The summed E-state index contributed by atoms with van der Waals surface area (Å²) in [4.78, 5) is 21.9. The molecule has 0 spiro atoms. The lowest BCUT2D eigenvalue weighted by atomic mass is 10.1. The SMILES string of the molecule is O=C(Cn1nc(N2CCc3ccccc32)nc1-c1ccccc1)N1CCCCC1. The van der Waals surface area contributed by atoms with Gasteiger partial charge in [-0.1, -0.05) is 48.5 Å². The average molecular weight is 387 g/mol. The summed E-state index contributed by atoms with van der Waals surface area (Å²) in [5, 5.41) is 4.79. The summed E-state index contributed by atoms with van der Waals surface area (Å²) in [5.74, 6) is 1.54. The highest BCUT2D eigenvalue weighted by atomic mass is 16.2. The Morgan fingerprint density at radius 2 is 1.66 bits per heavy atom. The molecule has 1 aromatic heterocycles. The van der Waals surface area contributed by atoms with Crippen LogP contribution in [-0.4, -0.2) is 45.2 Å². The van der Waals surface area contributed by atoms with E-state index in [1.807, 2.05) is 41.3 Å². The first-order chi connectivity index (χ1) is 14.3. The molecule has 0 atom stereocenters. The molecule has 2 aliphatic heterocycles.